The van der Waals surface area contributed by atoms with Crippen molar-refractivity contribution in [2.45, 2.75) is 52.0 Å². The summed E-state index contributed by atoms with van der Waals surface area (Å²) in [6, 6.07) is 5.42. The topological polar surface area (TPSA) is 49.3 Å². The van der Waals surface area contributed by atoms with Gasteiger partial charge in [0.2, 0.25) is 0 Å². The van der Waals surface area contributed by atoms with Crippen LogP contribution in [0.5, 0.6) is 5.75 Å². The minimum absolute atomic E-state index is 0.0690. The molecular weight excluding hydrogens is 238 g/mol. The van der Waals surface area contributed by atoms with Crippen molar-refractivity contribution in [1.82, 2.24) is 5.32 Å². The fourth-order valence-electron chi connectivity index (χ4n) is 2.73. The summed E-state index contributed by atoms with van der Waals surface area (Å²) < 4.78 is 0. The lowest BCUT2D eigenvalue weighted by atomic mass is 10.0. The summed E-state index contributed by atoms with van der Waals surface area (Å²) >= 11 is 0. The molecule has 19 heavy (non-hydrogen) atoms. The molecule has 1 amide bonds. The maximum atomic E-state index is 12.2. The van der Waals surface area contributed by atoms with Crippen LogP contribution < -0.4 is 5.32 Å². The molecule has 2 rings (SSSR count). The fourth-order valence-corrected chi connectivity index (χ4v) is 2.73. The van der Waals surface area contributed by atoms with Crippen LogP contribution in [0.2, 0.25) is 0 Å². The highest BCUT2D eigenvalue weighted by molar-refractivity contribution is 5.97. The summed E-state index contributed by atoms with van der Waals surface area (Å²) in [4.78, 5) is 12.2. The zero-order valence-corrected chi connectivity index (χ0v) is 11.8. The maximum absolute atomic E-state index is 12.2. The van der Waals surface area contributed by atoms with Gasteiger partial charge in [0.05, 0.1) is 5.56 Å². The first-order valence-electron chi connectivity index (χ1n) is 7.16. The van der Waals surface area contributed by atoms with E-state index in [-0.39, 0.29) is 17.7 Å². The number of amides is 1. The van der Waals surface area contributed by atoms with E-state index >= 15 is 0 Å². The van der Waals surface area contributed by atoms with Gasteiger partial charge in [0.1, 0.15) is 5.75 Å². The number of aromatic hydroxyl groups is 1. The second-order valence-electron chi connectivity index (χ2n) is 5.80. The van der Waals surface area contributed by atoms with Gasteiger partial charge in [0.15, 0.2) is 0 Å². The number of carbonyl (C=O) groups is 1. The van der Waals surface area contributed by atoms with E-state index < -0.39 is 0 Å². The average molecular weight is 261 g/mol. The Bertz CT molecular complexity index is 456. The molecule has 104 valence electrons. The van der Waals surface area contributed by atoms with Gasteiger partial charge in [-0.3, -0.25) is 4.79 Å². The second-order valence-corrected chi connectivity index (χ2v) is 5.80. The first-order valence-corrected chi connectivity index (χ1v) is 7.16. The number of hydrogen-bond acceptors (Lipinski definition) is 2. The van der Waals surface area contributed by atoms with E-state index in [0.717, 1.165) is 24.3 Å². The number of phenols is 1. The quantitative estimate of drug-likeness (QED) is 0.802. The molecular formula is C16H23NO2. The molecule has 2 atom stereocenters. The van der Waals surface area contributed by atoms with Crippen LogP contribution in [0.25, 0.3) is 0 Å². The second kappa shape index (κ2) is 6.09. The molecule has 1 fully saturated rings. The highest BCUT2D eigenvalue weighted by Crippen LogP contribution is 2.24. The SMILES string of the molecule is Cc1ccc(C(=O)NC2CCC[C@@H](C)CC2)c(O)c1. The number of nitrogens with one attached hydrogen (secondary N) is 1. The Morgan fingerprint density at radius 1 is 1.26 bits per heavy atom. The highest BCUT2D eigenvalue weighted by Gasteiger charge is 2.19. The molecule has 1 aromatic carbocycles. The molecule has 0 heterocycles. The molecule has 3 nitrogen and oxygen atoms in total. The first-order chi connectivity index (χ1) is 9.06. The summed E-state index contributed by atoms with van der Waals surface area (Å²) in [6.45, 7) is 4.17. The molecule has 0 aliphatic heterocycles. The van der Waals surface area contributed by atoms with Gasteiger partial charge in [-0.15, -0.1) is 0 Å². The van der Waals surface area contributed by atoms with Crippen molar-refractivity contribution in [3.8, 4) is 5.75 Å². The minimum atomic E-state index is -0.156. The lowest BCUT2D eigenvalue weighted by molar-refractivity contribution is 0.0930. The average Bonchev–Trinajstić information content (AvgIpc) is 2.54. The third-order valence-electron chi connectivity index (χ3n) is 3.99. The molecule has 1 saturated carbocycles. The smallest absolute Gasteiger partial charge is 0.255 e. The molecule has 0 bridgehead atoms. The van der Waals surface area contributed by atoms with Crippen molar-refractivity contribution in [3.05, 3.63) is 29.3 Å². The number of rotatable bonds is 2. The Kier molecular flexibility index (Phi) is 4.46. The number of phenolic OH excluding ortho intramolecular Hbond substituents is 1. The molecule has 0 radical (unpaired) electrons. The minimum Gasteiger partial charge on any atom is -0.507 e. The number of aryl methyl sites for hydroxylation is 1. The lowest BCUT2D eigenvalue weighted by Crippen LogP contribution is -2.34. The van der Waals surface area contributed by atoms with Crippen LogP contribution in [-0.2, 0) is 0 Å². The summed E-state index contributed by atoms with van der Waals surface area (Å²) in [5.74, 6) is 0.672. The van der Waals surface area contributed by atoms with Crippen LogP contribution in [0, 0.1) is 12.8 Å². The predicted molar refractivity (Wildman–Crippen MR) is 76.3 cm³/mol. The van der Waals surface area contributed by atoms with Crippen LogP contribution in [0.3, 0.4) is 0 Å². The van der Waals surface area contributed by atoms with Crippen molar-refractivity contribution >= 4 is 5.91 Å². The normalized spacial score (nSPS) is 23.7. The monoisotopic (exact) mass is 261 g/mol. The van der Waals surface area contributed by atoms with Crippen LogP contribution in [0.1, 0.15) is 54.9 Å². The van der Waals surface area contributed by atoms with E-state index in [4.69, 9.17) is 0 Å². The van der Waals surface area contributed by atoms with Crippen LogP contribution in [0.4, 0.5) is 0 Å². The van der Waals surface area contributed by atoms with Gasteiger partial charge in [0.25, 0.3) is 5.91 Å². The Morgan fingerprint density at radius 3 is 2.79 bits per heavy atom. The molecule has 1 unspecified atom stereocenters. The molecule has 0 aromatic heterocycles. The third-order valence-corrected chi connectivity index (χ3v) is 3.99. The van der Waals surface area contributed by atoms with Gasteiger partial charge in [-0.2, -0.15) is 0 Å². The Balaban J connectivity index is 2.00. The third kappa shape index (κ3) is 3.72. The lowest BCUT2D eigenvalue weighted by Gasteiger charge is -2.17. The largest absolute Gasteiger partial charge is 0.507 e. The van der Waals surface area contributed by atoms with Crippen molar-refractivity contribution < 1.29 is 9.90 Å². The molecule has 1 aliphatic carbocycles. The van der Waals surface area contributed by atoms with Crippen LogP contribution in [0.15, 0.2) is 18.2 Å². The number of carbonyl (C=O) groups excluding carboxylic acids is 1. The van der Waals surface area contributed by atoms with Crippen LogP contribution in [-0.4, -0.2) is 17.1 Å². The van der Waals surface area contributed by atoms with E-state index in [1.165, 1.54) is 19.3 Å². The van der Waals surface area contributed by atoms with E-state index in [0.29, 0.717) is 5.56 Å². The molecule has 1 aliphatic rings. The van der Waals surface area contributed by atoms with Gasteiger partial charge in [0, 0.05) is 6.04 Å². The zero-order chi connectivity index (χ0) is 13.8. The maximum Gasteiger partial charge on any atom is 0.255 e. The van der Waals surface area contributed by atoms with E-state index in [9.17, 15) is 9.90 Å². The van der Waals surface area contributed by atoms with Crippen molar-refractivity contribution in [2.24, 2.45) is 5.92 Å². The Hall–Kier alpha value is -1.51. The first kappa shape index (κ1) is 13.9. The summed E-state index contributed by atoms with van der Waals surface area (Å²) in [6.07, 6.45) is 5.68. The van der Waals surface area contributed by atoms with Crippen molar-refractivity contribution in [3.63, 3.8) is 0 Å². The van der Waals surface area contributed by atoms with Gasteiger partial charge in [-0.1, -0.05) is 25.8 Å². The molecule has 2 N–H and O–H groups in total. The van der Waals surface area contributed by atoms with E-state index in [1.807, 2.05) is 13.0 Å². The molecule has 1 aromatic rings. The zero-order valence-electron chi connectivity index (χ0n) is 11.8. The summed E-state index contributed by atoms with van der Waals surface area (Å²) in [5, 5.41) is 12.9. The van der Waals surface area contributed by atoms with Gasteiger partial charge >= 0.3 is 0 Å². The molecule has 3 heteroatoms. The van der Waals surface area contributed by atoms with Gasteiger partial charge in [-0.25, -0.2) is 0 Å². The predicted octanol–water partition coefficient (Wildman–Crippen LogP) is 3.40. The Morgan fingerprint density at radius 2 is 2.05 bits per heavy atom. The van der Waals surface area contributed by atoms with Gasteiger partial charge < -0.3 is 10.4 Å². The van der Waals surface area contributed by atoms with Gasteiger partial charge in [-0.05, 0) is 49.8 Å². The standard InChI is InChI=1S/C16H23NO2/c1-11-4-3-5-13(8-6-11)17-16(19)14-9-7-12(2)10-15(14)18/h7,9-11,13,18H,3-6,8H2,1-2H3,(H,17,19)/t11-,13?/m1/s1. The highest BCUT2D eigenvalue weighted by atomic mass is 16.3. The van der Waals surface area contributed by atoms with Crippen molar-refractivity contribution in [2.75, 3.05) is 0 Å². The molecule has 0 spiro atoms. The van der Waals surface area contributed by atoms with Crippen molar-refractivity contribution in [1.29, 1.82) is 0 Å². The fraction of sp³-hybridized carbons (Fsp3) is 0.562. The van der Waals surface area contributed by atoms with Crippen LogP contribution >= 0.6 is 0 Å². The Labute approximate surface area is 115 Å². The summed E-state index contributed by atoms with van der Waals surface area (Å²) in [5.41, 5.74) is 1.33. The molecule has 0 saturated heterocycles. The van der Waals surface area contributed by atoms with E-state index in [2.05, 4.69) is 12.2 Å². The van der Waals surface area contributed by atoms with E-state index in [1.54, 1.807) is 12.1 Å². The number of hydrogen-bond donors (Lipinski definition) is 2. The summed E-state index contributed by atoms with van der Waals surface area (Å²) in [7, 11) is 0. The number of benzene rings is 1.